The Morgan fingerprint density at radius 1 is 1.00 bits per heavy atom. The first-order chi connectivity index (χ1) is 13.1. The maximum Gasteiger partial charge on any atom is 0.408 e. The summed E-state index contributed by atoms with van der Waals surface area (Å²) >= 11 is 0. The Bertz CT molecular complexity index is 813. The summed E-state index contributed by atoms with van der Waals surface area (Å²) < 4.78 is 10.5. The Morgan fingerprint density at radius 2 is 1.68 bits per heavy atom. The van der Waals surface area contributed by atoms with Crippen molar-refractivity contribution >= 4 is 12.1 Å². The van der Waals surface area contributed by atoms with E-state index in [9.17, 15) is 19.8 Å². The number of amides is 1. The van der Waals surface area contributed by atoms with Gasteiger partial charge in [0.05, 0.1) is 0 Å². The van der Waals surface area contributed by atoms with Crippen LogP contribution in [0.3, 0.4) is 0 Å². The largest absolute Gasteiger partial charge is 0.504 e. The van der Waals surface area contributed by atoms with Gasteiger partial charge in [-0.15, -0.1) is 0 Å². The first kappa shape index (κ1) is 21.1. The van der Waals surface area contributed by atoms with Crippen LogP contribution in [0.15, 0.2) is 48.5 Å². The number of nitrogens with one attached hydrogen (secondary N) is 1. The molecule has 1 atom stereocenters. The van der Waals surface area contributed by atoms with Crippen LogP contribution < -0.4 is 5.32 Å². The summed E-state index contributed by atoms with van der Waals surface area (Å²) in [5.41, 5.74) is 0.617. The van der Waals surface area contributed by atoms with Crippen LogP contribution >= 0.6 is 0 Å². The van der Waals surface area contributed by atoms with Crippen molar-refractivity contribution in [2.75, 3.05) is 0 Å². The highest BCUT2D eigenvalue weighted by Gasteiger charge is 2.27. The maximum atomic E-state index is 12.5. The van der Waals surface area contributed by atoms with Gasteiger partial charge in [-0.3, -0.25) is 0 Å². The molecule has 0 aliphatic rings. The van der Waals surface area contributed by atoms with Gasteiger partial charge < -0.3 is 25.0 Å². The van der Waals surface area contributed by atoms with E-state index in [1.54, 1.807) is 26.8 Å². The van der Waals surface area contributed by atoms with Crippen molar-refractivity contribution < 1.29 is 29.3 Å². The highest BCUT2D eigenvalue weighted by Crippen LogP contribution is 2.25. The number of aromatic hydroxyl groups is 2. The zero-order valence-corrected chi connectivity index (χ0v) is 16.1. The maximum absolute atomic E-state index is 12.5. The lowest BCUT2D eigenvalue weighted by atomic mass is 10.0. The average Bonchev–Trinajstić information content (AvgIpc) is 2.62. The number of phenolic OH excluding ortho intramolecular Hbond substituents is 2. The fraction of sp³-hybridized carbons (Fsp3) is 0.333. The molecule has 2 aromatic carbocycles. The normalized spacial score (nSPS) is 12.1. The third kappa shape index (κ3) is 6.83. The van der Waals surface area contributed by atoms with Crippen molar-refractivity contribution in [3.05, 3.63) is 59.7 Å². The molecule has 7 nitrogen and oxygen atoms in total. The van der Waals surface area contributed by atoms with E-state index in [1.807, 2.05) is 30.3 Å². The molecule has 0 saturated heterocycles. The molecule has 2 aromatic rings. The van der Waals surface area contributed by atoms with Crippen LogP contribution in [0.25, 0.3) is 0 Å². The molecule has 0 saturated carbocycles. The second kappa shape index (κ2) is 9.12. The predicted molar refractivity (Wildman–Crippen MR) is 103 cm³/mol. The summed E-state index contributed by atoms with van der Waals surface area (Å²) in [5, 5.41) is 21.6. The molecule has 7 heteroatoms. The van der Waals surface area contributed by atoms with E-state index in [1.165, 1.54) is 12.1 Å². The number of ether oxygens (including phenoxy) is 2. The molecule has 0 aliphatic carbocycles. The molecule has 0 spiro atoms. The van der Waals surface area contributed by atoms with Crippen molar-refractivity contribution in [2.24, 2.45) is 0 Å². The summed E-state index contributed by atoms with van der Waals surface area (Å²) in [4.78, 5) is 24.7. The lowest BCUT2D eigenvalue weighted by molar-refractivity contribution is -0.157. The molecule has 0 aromatic heterocycles. The molecule has 0 aliphatic heterocycles. The fourth-order valence-corrected chi connectivity index (χ4v) is 2.40. The molecule has 0 fully saturated rings. The lowest BCUT2D eigenvalue weighted by Crippen LogP contribution is -2.45. The van der Waals surface area contributed by atoms with Gasteiger partial charge in [-0.05, 0) is 44.0 Å². The summed E-state index contributed by atoms with van der Waals surface area (Å²) in [6.07, 6.45) is -0.703. The van der Waals surface area contributed by atoms with Gasteiger partial charge in [-0.1, -0.05) is 36.4 Å². The van der Waals surface area contributed by atoms with E-state index in [0.29, 0.717) is 5.56 Å². The number of carbonyl (C=O) groups is 2. The summed E-state index contributed by atoms with van der Waals surface area (Å²) in [6, 6.07) is 12.3. The Hall–Kier alpha value is -3.22. The zero-order valence-electron chi connectivity index (χ0n) is 16.1. The van der Waals surface area contributed by atoms with Crippen LogP contribution in [-0.2, 0) is 27.3 Å². The molecule has 0 heterocycles. The van der Waals surface area contributed by atoms with Crippen LogP contribution in [0, 0.1) is 0 Å². The minimum absolute atomic E-state index is 0.0587. The predicted octanol–water partition coefficient (Wildman–Crippen LogP) is 3.28. The number of phenols is 2. The minimum atomic E-state index is -1.02. The second-order valence-electron chi connectivity index (χ2n) is 7.32. The molecule has 0 radical (unpaired) electrons. The Morgan fingerprint density at radius 3 is 2.29 bits per heavy atom. The van der Waals surface area contributed by atoms with Gasteiger partial charge in [-0.25, -0.2) is 9.59 Å². The van der Waals surface area contributed by atoms with Crippen molar-refractivity contribution in [1.82, 2.24) is 5.32 Å². The molecule has 0 unspecified atom stereocenters. The van der Waals surface area contributed by atoms with E-state index < -0.39 is 23.7 Å². The number of hydrogen-bond donors (Lipinski definition) is 3. The van der Waals surface area contributed by atoms with E-state index in [-0.39, 0.29) is 24.5 Å². The van der Waals surface area contributed by atoms with Crippen LogP contribution in [0.1, 0.15) is 31.9 Å². The number of esters is 1. The van der Waals surface area contributed by atoms with Gasteiger partial charge in [0.25, 0.3) is 0 Å². The van der Waals surface area contributed by atoms with Crippen LogP contribution in [0.2, 0.25) is 0 Å². The first-order valence-electron chi connectivity index (χ1n) is 8.85. The summed E-state index contributed by atoms with van der Waals surface area (Å²) in [6.45, 7) is 5.24. The number of alkyl carbamates (subject to hydrolysis) is 1. The van der Waals surface area contributed by atoms with E-state index >= 15 is 0 Å². The standard InChI is InChI=1S/C21H25NO6/c1-21(2,3)28-19(25)16(11-15-9-10-17(23)18(24)12-15)22-20(26)27-13-14-7-5-4-6-8-14/h4-10,12,16,23-24H,11,13H2,1-3H3,(H,22,26)/t16-/m0/s1. The van der Waals surface area contributed by atoms with Crippen molar-refractivity contribution in [3.8, 4) is 11.5 Å². The summed E-state index contributed by atoms with van der Waals surface area (Å²) in [5.74, 6) is -1.21. The number of hydrogen-bond acceptors (Lipinski definition) is 6. The second-order valence-corrected chi connectivity index (χ2v) is 7.32. The molecule has 0 bridgehead atoms. The van der Waals surface area contributed by atoms with Crippen LogP contribution in [-0.4, -0.2) is 33.9 Å². The Kier molecular flexibility index (Phi) is 6.87. The SMILES string of the molecule is CC(C)(C)OC(=O)[C@H](Cc1ccc(O)c(O)c1)NC(=O)OCc1ccccc1. The average molecular weight is 387 g/mol. The molecule has 28 heavy (non-hydrogen) atoms. The van der Waals surface area contributed by atoms with Gasteiger partial charge >= 0.3 is 12.1 Å². The van der Waals surface area contributed by atoms with Gasteiger partial charge in [0.1, 0.15) is 18.2 Å². The lowest BCUT2D eigenvalue weighted by Gasteiger charge is -2.24. The highest BCUT2D eigenvalue weighted by atomic mass is 16.6. The first-order valence-corrected chi connectivity index (χ1v) is 8.85. The number of rotatable bonds is 6. The highest BCUT2D eigenvalue weighted by molar-refractivity contribution is 5.82. The molecular formula is C21H25NO6. The van der Waals surface area contributed by atoms with E-state index in [4.69, 9.17) is 9.47 Å². The van der Waals surface area contributed by atoms with Gasteiger partial charge in [0, 0.05) is 6.42 Å². The molecule has 1 amide bonds. The molecular weight excluding hydrogens is 362 g/mol. The quantitative estimate of drug-likeness (QED) is 0.519. The Labute approximate surface area is 163 Å². The molecule has 2 rings (SSSR count). The van der Waals surface area contributed by atoms with Gasteiger partial charge in [-0.2, -0.15) is 0 Å². The van der Waals surface area contributed by atoms with Crippen LogP contribution in [0.4, 0.5) is 4.79 Å². The smallest absolute Gasteiger partial charge is 0.408 e. The van der Waals surface area contributed by atoms with Gasteiger partial charge in [0.15, 0.2) is 11.5 Å². The number of benzene rings is 2. The van der Waals surface area contributed by atoms with Crippen LogP contribution in [0.5, 0.6) is 11.5 Å². The topological polar surface area (TPSA) is 105 Å². The van der Waals surface area contributed by atoms with E-state index in [2.05, 4.69) is 5.32 Å². The Balaban J connectivity index is 2.07. The van der Waals surface area contributed by atoms with Crippen molar-refractivity contribution in [1.29, 1.82) is 0 Å². The van der Waals surface area contributed by atoms with E-state index in [0.717, 1.165) is 5.56 Å². The minimum Gasteiger partial charge on any atom is -0.504 e. The van der Waals surface area contributed by atoms with Gasteiger partial charge in [0.2, 0.25) is 0 Å². The molecule has 3 N–H and O–H groups in total. The van der Waals surface area contributed by atoms with Crippen molar-refractivity contribution in [3.63, 3.8) is 0 Å². The summed E-state index contributed by atoms with van der Waals surface area (Å²) in [7, 11) is 0. The third-order valence-electron chi connectivity index (χ3n) is 3.68. The molecule has 150 valence electrons. The number of carbonyl (C=O) groups excluding carboxylic acids is 2. The monoisotopic (exact) mass is 387 g/mol. The zero-order chi connectivity index (χ0) is 20.7. The van der Waals surface area contributed by atoms with Crippen molar-refractivity contribution in [2.45, 2.75) is 45.4 Å². The third-order valence-corrected chi connectivity index (χ3v) is 3.68. The fourth-order valence-electron chi connectivity index (χ4n) is 2.40.